The van der Waals surface area contributed by atoms with E-state index >= 15 is 0 Å². The topological polar surface area (TPSA) is 38.7 Å². The summed E-state index contributed by atoms with van der Waals surface area (Å²) < 4.78 is 10.4. The molecule has 3 heteroatoms. The van der Waals surface area contributed by atoms with Gasteiger partial charge in [0.15, 0.2) is 0 Å². The van der Waals surface area contributed by atoms with Gasteiger partial charge in [-0.25, -0.2) is 0 Å². The molecule has 1 aromatic carbocycles. The van der Waals surface area contributed by atoms with Crippen molar-refractivity contribution in [2.24, 2.45) is 0 Å². The van der Waals surface area contributed by atoms with Crippen molar-refractivity contribution in [2.45, 2.75) is 6.61 Å². The van der Waals surface area contributed by atoms with Crippen molar-refractivity contribution in [3.63, 3.8) is 0 Å². The van der Waals surface area contributed by atoms with Gasteiger partial charge in [-0.3, -0.25) is 0 Å². The molecule has 0 atom stereocenters. The summed E-state index contributed by atoms with van der Waals surface area (Å²) in [5, 5.41) is 9.03. The summed E-state index contributed by atoms with van der Waals surface area (Å²) in [5.74, 6) is 1.34. The Morgan fingerprint density at radius 2 is 2.29 bits per heavy atom. The average Bonchev–Trinajstić information content (AvgIpc) is 2.25. The number of hydrogen-bond donors (Lipinski definition) is 1. The first kappa shape index (κ1) is 10.6. The van der Waals surface area contributed by atoms with E-state index in [2.05, 4.69) is 6.58 Å². The first-order valence-electron chi connectivity index (χ1n) is 4.33. The van der Waals surface area contributed by atoms with Gasteiger partial charge >= 0.3 is 0 Å². The molecule has 0 heterocycles. The molecule has 0 aliphatic rings. The maximum Gasteiger partial charge on any atom is 0.128 e. The normalized spacial score (nSPS) is 9.57. The summed E-state index contributed by atoms with van der Waals surface area (Å²) in [4.78, 5) is 0. The summed E-state index contributed by atoms with van der Waals surface area (Å²) in [5.41, 5.74) is 0.743. The average molecular weight is 194 g/mol. The molecule has 0 aliphatic heterocycles. The zero-order valence-corrected chi connectivity index (χ0v) is 8.19. The monoisotopic (exact) mass is 194 g/mol. The molecule has 0 spiro atoms. The van der Waals surface area contributed by atoms with Crippen molar-refractivity contribution < 1.29 is 14.6 Å². The number of benzene rings is 1. The number of methoxy groups -OCH3 is 1. The van der Waals surface area contributed by atoms with Crippen molar-refractivity contribution in [3.05, 3.63) is 36.4 Å². The standard InChI is InChI=1S/C11H14O3/c1-3-6-14-11-7-10(13-2)5-4-9(11)8-12/h3-5,7,12H,1,6,8H2,2H3. The van der Waals surface area contributed by atoms with E-state index in [9.17, 15) is 0 Å². The molecule has 0 unspecified atom stereocenters. The Morgan fingerprint density at radius 1 is 1.50 bits per heavy atom. The molecule has 0 aliphatic carbocycles. The molecule has 3 nitrogen and oxygen atoms in total. The lowest BCUT2D eigenvalue weighted by Gasteiger charge is -2.09. The van der Waals surface area contributed by atoms with Crippen LogP contribution in [0.1, 0.15) is 5.56 Å². The summed E-state index contributed by atoms with van der Waals surface area (Å²) in [6.45, 7) is 3.93. The third kappa shape index (κ3) is 2.50. The Morgan fingerprint density at radius 3 is 2.86 bits per heavy atom. The van der Waals surface area contributed by atoms with E-state index in [0.717, 1.165) is 5.56 Å². The molecule has 1 rings (SSSR count). The highest BCUT2D eigenvalue weighted by atomic mass is 16.5. The molecule has 76 valence electrons. The zero-order chi connectivity index (χ0) is 10.4. The van der Waals surface area contributed by atoms with Crippen LogP contribution in [0.4, 0.5) is 0 Å². The van der Waals surface area contributed by atoms with E-state index in [1.807, 2.05) is 0 Å². The SMILES string of the molecule is C=CCOc1cc(OC)ccc1CO. The number of rotatable bonds is 5. The molecule has 1 N–H and O–H groups in total. The Bertz CT molecular complexity index is 307. The fourth-order valence-corrected chi connectivity index (χ4v) is 1.08. The van der Waals surface area contributed by atoms with Crippen LogP contribution in [0.5, 0.6) is 11.5 Å². The second kappa shape index (κ2) is 5.29. The van der Waals surface area contributed by atoms with Crippen molar-refractivity contribution in [1.82, 2.24) is 0 Å². The van der Waals surface area contributed by atoms with Gasteiger partial charge in [0, 0.05) is 11.6 Å². The molecule has 0 radical (unpaired) electrons. The van der Waals surface area contributed by atoms with Crippen molar-refractivity contribution in [2.75, 3.05) is 13.7 Å². The van der Waals surface area contributed by atoms with Gasteiger partial charge in [0.2, 0.25) is 0 Å². The van der Waals surface area contributed by atoms with E-state index in [1.165, 1.54) is 0 Å². The highest BCUT2D eigenvalue weighted by molar-refractivity contribution is 5.40. The molecule has 1 aromatic rings. The second-order valence-corrected chi connectivity index (χ2v) is 2.73. The molecule has 0 saturated carbocycles. The smallest absolute Gasteiger partial charge is 0.128 e. The highest BCUT2D eigenvalue weighted by Gasteiger charge is 2.03. The number of aliphatic hydroxyl groups is 1. The van der Waals surface area contributed by atoms with Crippen molar-refractivity contribution in [1.29, 1.82) is 0 Å². The molecule has 0 bridgehead atoms. The predicted octanol–water partition coefficient (Wildman–Crippen LogP) is 1.75. The fraction of sp³-hybridized carbons (Fsp3) is 0.273. The maximum atomic E-state index is 9.03. The van der Waals surface area contributed by atoms with E-state index in [0.29, 0.717) is 18.1 Å². The third-order valence-electron chi connectivity index (χ3n) is 1.80. The third-order valence-corrected chi connectivity index (χ3v) is 1.80. The van der Waals surface area contributed by atoms with Gasteiger partial charge in [-0.1, -0.05) is 12.7 Å². The first-order chi connectivity index (χ1) is 6.81. The van der Waals surface area contributed by atoms with Gasteiger partial charge < -0.3 is 14.6 Å². The molecule has 0 amide bonds. The maximum absolute atomic E-state index is 9.03. The van der Waals surface area contributed by atoms with Crippen LogP contribution in [-0.4, -0.2) is 18.8 Å². The predicted molar refractivity (Wildman–Crippen MR) is 54.6 cm³/mol. The van der Waals surface area contributed by atoms with Crippen LogP contribution in [0.3, 0.4) is 0 Å². The van der Waals surface area contributed by atoms with E-state index in [1.54, 1.807) is 31.4 Å². The van der Waals surface area contributed by atoms with Gasteiger partial charge in [0.25, 0.3) is 0 Å². The number of hydrogen-bond acceptors (Lipinski definition) is 3. The van der Waals surface area contributed by atoms with Crippen molar-refractivity contribution >= 4 is 0 Å². The summed E-state index contributed by atoms with van der Waals surface area (Å²) in [7, 11) is 1.59. The Kier molecular flexibility index (Phi) is 4.01. The van der Waals surface area contributed by atoms with Gasteiger partial charge in [-0.05, 0) is 12.1 Å². The van der Waals surface area contributed by atoms with Crippen LogP contribution in [0.25, 0.3) is 0 Å². The first-order valence-corrected chi connectivity index (χ1v) is 4.33. The highest BCUT2D eigenvalue weighted by Crippen LogP contribution is 2.24. The fourth-order valence-electron chi connectivity index (χ4n) is 1.08. The largest absolute Gasteiger partial charge is 0.497 e. The molecule has 14 heavy (non-hydrogen) atoms. The summed E-state index contributed by atoms with van der Waals surface area (Å²) >= 11 is 0. The van der Waals surface area contributed by atoms with Gasteiger partial charge in [0.05, 0.1) is 13.7 Å². The zero-order valence-electron chi connectivity index (χ0n) is 8.19. The molecule has 0 saturated heterocycles. The van der Waals surface area contributed by atoms with Crippen molar-refractivity contribution in [3.8, 4) is 11.5 Å². The van der Waals surface area contributed by atoms with Crippen LogP contribution in [0, 0.1) is 0 Å². The summed E-state index contributed by atoms with van der Waals surface area (Å²) in [6, 6.07) is 5.30. The number of aliphatic hydroxyl groups excluding tert-OH is 1. The van der Waals surface area contributed by atoms with Gasteiger partial charge in [0.1, 0.15) is 18.1 Å². The molecule has 0 aromatic heterocycles. The quantitative estimate of drug-likeness (QED) is 0.726. The lowest BCUT2D eigenvalue weighted by atomic mass is 10.2. The number of ether oxygens (including phenoxy) is 2. The minimum absolute atomic E-state index is 0.0452. The van der Waals surface area contributed by atoms with E-state index in [4.69, 9.17) is 14.6 Å². The van der Waals surface area contributed by atoms with E-state index < -0.39 is 0 Å². The Balaban J connectivity index is 2.89. The Hall–Kier alpha value is -1.48. The second-order valence-electron chi connectivity index (χ2n) is 2.73. The minimum Gasteiger partial charge on any atom is -0.497 e. The van der Waals surface area contributed by atoms with Crippen LogP contribution in [-0.2, 0) is 6.61 Å². The minimum atomic E-state index is -0.0452. The molecular formula is C11H14O3. The lowest BCUT2D eigenvalue weighted by Crippen LogP contribution is -1.98. The van der Waals surface area contributed by atoms with Crippen LogP contribution >= 0.6 is 0 Å². The summed E-state index contributed by atoms with van der Waals surface area (Å²) in [6.07, 6.45) is 1.65. The lowest BCUT2D eigenvalue weighted by molar-refractivity contribution is 0.269. The van der Waals surface area contributed by atoms with Crippen LogP contribution in [0.15, 0.2) is 30.9 Å². The molecule has 0 fully saturated rings. The molecular weight excluding hydrogens is 180 g/mol. The van der Waals surface area contributed by atoms with Gasteiger partial charge in [-0.2, -0.15) is 0 Å². The van der Waals surface area contributed by atoms with Gasteiger partial charge in [-0.15, -0.1) is 0 Å². The Labute approximate surface area is 83.6 Å². The van der Waals surface area contributed by atoms with Crippen LogP contribution in [0.2, 0.25) is 0 Å². The van der Waals surface area contributed by atoms with E-state index in [-0.39, 0.29) is 6.61 Å². The van der Waals surface area contributed by atoms with Crippen LogP contribution < -0.4 is 9.47 Å².